The Labute approximate surface area is 166 Å². The molecule has 1 aliphatic heterocycles. The van der Waals surface area contributed by atoms with Crippen molar-refractivity contribution >= 4 is 41.7 Å². The second-order valence-electron chi connectivity index (χ2n) is 6.49. The Kier molecular flexibility index (Phi) is 7.53. The van der Waals surface area contributed by atoms with Crippen molar-refractivity contribution in [2.75, 3.05) is 38.2 Å². The molecule has 0 unspecified atom stereocenters. The quantitative estimate of drug-likeness (QED) is 0.424. The molecule has 1 aliphatic carbocycles. The van der Waals surface area contributed by atoms with Gasteiger partial charge < -0.3 is 15.4 Å². The lowest BCUT2D eigenvalue weighted by atomic mass is 9.79. The van der Waals surface area contributed by atoms with Gasteiger partial charge >= 0.3 is 0 Å². The smallest absolute Gasteiger partial charge is 0.191 e. The monoisotopic (exact) mass is 461 g/mol. The largest absolute Gasteiger partial charge is 0.497 e. The van der Waals surface area contributed by atoms with Gasteiger partial charge in [-0.3, -0.25) is 4.99 Å². The molecule has 1 heterocycles. The number of hydrogen-bond donors (Lipinski definition) is 1. The second kappa shape index (κ2) is 9.17. The Morgan fingerprint density at radius 2 is 2.00 bits per heavy atom. The van der Waals surface area contributed by atoms with E-state index in [9.17, 15) is 0 Å². The molecule has 24 heavy (non-hydrogen) atoms. The van der Waals surface area contributed by atoms with Crippen LogP contribution in [-0.2, 0) is 5.41 Å². The van der Waals surface area contributed by atoms with Crippen molar-refractivity contribution in [3.8, 4) is 5.75 Å². The number of aliphatic imine (C=N–C) groups is 1. The zero-order valence-electron chi connectivity index (χ0n) is 14.4. The van der Waals surface area contributed by atoms with Crippen LogP contribution in [0.25, 0.3) is 0 Å². The van der Waals surface area contributed by atoms with Crippen molar-refractivity contribution in [1.29, 1.82) is 0 Å². The van der Waals surface area contributed by atoms with Gasteiger partial charge in [0.1, 0.15) is 5.75 Å². The highest BCUT2D eigenvalue weighted by atomic mass is 127. The Morgan fingerprint density at radius 1 is 1.29 bits per heavy atom. The first-order valence-corrected chi connectivity index (χ1v) is 9.66. The van der Waals surface area contributed by atoms with Crippen molar-refractivity contribution in [2.24, 2.45) is 10.7 Å². The minimum absolute atomic E-state index is 0. The number of thioether (sulfide) groups is 1. The predicted molar refractivity (Wildman–Crippen MR) is 114 cm³/mol. The van der Waals surface area contributed by atoms with E-state index in [0.717, 1.165) is 42.8 Å². The Hall–Kier alpha value is -0.630. The first-order valence-electron chi connectivity index (χ1n) is 8.51. The molecule has 2 fully saturated rings. The number of ether oxygens (including phenoxy) is 1. The lowest BCUT2D eigenvalue weighted by molar-refractivity contribution is 0.406. The maximum Gasteiger partial charge on any atom is 0.191 e. The normalized spacial score (nSPS) is 20.5. The summed E-state index contributed by atoms with van der Waals surface area (Å²) in [6.45, 7) is 2.83. The summed E-state index contributed by atoms with van der Waals surface area (Å²) in [6.07, 6.45) is 4.92. The SMILES string of the molecule is COc1cccc(C2(CN=C(N)N3CCSCC3)CCCC2)c1.I. The third-order valence-electron chi connectivity index (χ3n) is 5.12. The summed E-state index contributed by atoms with van der Waals surface area (Å²) < 4.78 is 5.41. The van der Waals surface area contributed by atoms with Gasteiger partial charge in [-0.25, -0.2) is 0 Å². The Balaban J connectivity index is 0.00000208. The molecule has 6 heteroatoms. The topological polar surface area (TPSA) is 50.9 Å². The third-order valence-corrected chi connectivity index (χ3v) is 6.06. The number of nitrogens with zero attached hydrogens (tertiary/aromatic N) is 2. The summed E-state index contributed by atoms with van der Waals surface area (Å²) >= 11 is 1.99. The van der Waals surface area contributed by atoms with Crippen molar-refractivity contribution < 1.29 is 4.74 Å². The van der Waals surface area contributed by atoms with Gasteiger partial charge in [0.15, 0.2) is 5.96 Å². The molecule has 0 aromatic heterocycles. The first-order chi connectivity index (χ1) is 11.2. The highest BCUT2D eigenvalue weighted by Crippen LogP contribution is 2.42. The molecular weight excluding hydrogens is 433 g/mol. The highest BCUT2D eigenvalue weighted by Gasteiger charge is 2.36. The van der Waals surface area contributed by atoms with Crippen LogP contribution in [0.3, 0.4) is 0 Å². The van der Waals surface area contributed by atoms with Crippen molar-refractivity contribution in [3.05, 3.63) is 29.8 Å². The first kappa shape index (κ1) is 19.7. The fourth-order valence-corrected chi connectivity index (χ4v) is 4.57. The number of nitrogens with two attached hydrogens (primary N) is 1. The van der Waals surface area contributed by atoms with Crippen molar-refractivity contribution in [2.45, 2.75) is 31.1 Å². The summed E-state index contributed by atoms with van der Waals surface area (Å²) in [5.41, 5.74) is 7.74. The zero-order chi connectivity index (χ0) is 16.1. The van der Waals surface area contributed by atoms with Gasteiger partial charge in [0.05, 0.1) is 13.7 Å². The lowest BCUT2D eigenvalue weighted by Crippen LogP contribution is -2.43. The van der Waals surface area contributed by atoms with E-state index >= 15 is 0 Å². The van der Waals surface area contributed by atoms with Crippen LogP contribution in [-0.4, -0.2) is 49.1 Å². The van der Waals surface area contributed by atoms with Gasteiger partial charge in [-0.2, -0.15) is 11.8 Å². The van der Waals surface area contributed by atoms with E-state index in [1.54, 1.807) is 7.11 Å². The molecule has 2 aliphatic rings. The average molecular weight is 461 g/mol. The molecule has 1 aromatic rings. The summed E-state index contributed by atoms with van der Waals surface area (Å²) in [7, 11) is 1.73. The Morgan fingerprint density at radius 3 is 2.67 bits per heavy atom. The molecule has 0 bridgehead atoms. The number of methoxy groups -OCH3 is 1. The lowest BCUT2D eigenvalue weighted by Gasteiger charge is -2.31. The van der Waals surface area contributed by atoms with Crippen LogP contribution >= 0.6 is 35.7 Å². The molecule has 0 atom stereocenters. The second-order valence-corrected chi connectivity index (χ2v) is 7.72. The summed E-state index contributed by atoms with van der Waals surface area (Å²) in [4.78, 5) is 7.03. The molecule has 1 saturated heterocycles. The fraction of sp³-hybridized carbons (Fsp3) is 0.611. The van der Waals surface area contributed by atoms with E-state index in [0.29, 0.717) is 0 Å². The van der Waals surface area contributed by atoms with Crippen LogP contribution in [0.2, 0.25) is 0 Å². The van der Waals surface area contributed by atoms with Gasteiger partial charge in [0.2, 0.25) is 0 Å². The van der Waals surface area contributed by atoms with E-state index in [-0.39, 0.29) is 29.4 Å². The van der Waals surface area contributed by atoms with E-state index in [4.69, 9.17) is 15.5 Å². The average Bonchev–Trinajstić information content (AvgIpc) is 3.11. The van der Waals surface area contributed by atoms with Gasteiger partial charge in [0, 0.05) is 30.0 Å². The van der Waals surface area contributed by atoms with Crippen LogP contribution in [0.15, 0.2) is 29.3 Å². The molecule has 0 radical (unpaired) electrons. The van der Waals surface area contributed by atoms with Crippen molar-refractivity contribution in [1.82, 2.24) is 4.90 Å². The number of guanidine groups is 1. The molecule has 3 rings (SSSR count). The van der Waals surface area contributed by atoms with E-state index in [1.807, 2.05) is 17.8 Å². The summed E-state index contributed by atoms with van der Waals surface area (Å²) in [6, 6.07) is 8.49. The molecule has 1 saturated carbocycles. The molecule has 134 valence electrons. The van der Waals surface area contributed by atoms with Crippen LogP contribution in [0, 0.1) is 0 Å². The van der Waals surface area contributed by atoms with Crippen LogP contribution in [0.5, 0.6) is 5.75 Å². The van der Waals surface area contributed by atoms with Gasteiger partial charge in [-0.05, 0) is 30.5 Å². The maximum atomic E-state index is 6.26. The number of rotatable bonds is 4. The fourth-order valence-electron chi connectivity index (χ4n) is 3.67. The zero-order valence-corrected chi connectivity index (χ0v) is 17.5. The third kappa shape index (κ3) is 4.50. The molecular formula is C18H28IN3OS. The van der Waals surface area contributed by atoms with Crippen molar-refractivity contribution in [3.63, 3.8) is 0 Å². The standard InChI is InChI=1S/C18H27N3OS.HI/c1-22-16-6-4-5-15(13-16)18(7-2-3-8-18)14-20-17(19)21-9-11-23-12-10-21;/h4-6,13H,2-3,7-12,14H2,1H3,(H2,19,20);1H. The minimum atomic E-state index is 0. The number of benzene rings is 1. The molecule has 1 aromatic carbocycles. The van der Waals surface area contributed by atoms with Crippen LogP contribution < -0.4 is 10.5 Å². The van der Waals surface area contributed by atoms with E-state index in [1.165, 1.54) is 31.2 Å². The minimum Gasteiger partial charge on any atom is -0.497 e. The maximum absolute atomic E-state index is 6.26. The molecule has 4 nitrogen and oxygen atoms in total. The highest BCUT2D eigenvalue weighted by molar-refractivity contribution is 14.0. The summed E-state index contributed by atoms with van der Waals surface area (Å²) in [5.74, 6) is 3.95. The van der Waals surface area contributed by atoms with Gasteiger partial charge in [-0.15, -0.1) is 24.0 Å². The molecule has 0 spiro atoms. The molecule has 0 amide bonds. The molecule has 2 N–H and O–H groups in total. The number of halogens is 1. The van der Waals surface area contributed by atoms with E-state index in [2.05, 4.69) is 23.1 Å². The predicted octanol–water partition coefficient (Wildman–Crippen LogP) is 3.49. The number of hydrogen-bond acceptors (Lipinski definition) is 3. The summed E-state index contributed by atoms with van der Waals surface area (Å²) in [5, 5.41) is 0. The van der Waals surface area contributed by atoms with Crippen LogP contribution in [0.1, 0.15) is 31.2 Å². The van der Waals surface area contributed by atoms with Crippen LogP contribution in [0.4, 0.5) is 0 Å². The van der Waals surface area contributed by atoms with E-state index < -0.39 is 0 Å². The van der Waals surface area contributed by atoms with Gasteiger partial charge in [0.25, 0.3) is 0 Å². The van der Waals surface area contributed by atoms with Gasteiger partial charge in [-0.1, -0.05) is 25.0 Å². The Bertz CT molecular complexity index is 555.